The zero-order valence-corrected chi connectivity index (χ0v) is 14.2. The van der Waals surface area contributed by atoms with Crippen LogP contribution in [0.5, 0.6) is 5.75 Å². The number of ether oxygens (including phenoxy) is 1. The predicted octanol–water partition coefficient (Wildman–Crippen LogP) is 3.14. The predicted molar refractivity (Wildman–Crippen MR) is 95.9 cm³/mol. The molecule has 3 aromatic rings. The zero-order valence-electron chi connectivity index (χ0n) is 14.2. The van der Waals surface area contributed by atoms with Crippen LogP contribution in [0.3, 0.4) is 0 Å². The number of aromatic amines is 1. The fraction of sp³-hybridized carbons (Fsp3) is 0.100. The molecule has 6 nitrogen and oxygen atoms in total. The first-order valence-electron chi connectivity index (χ1n) is 7.87. The summed E-state index contributed by atoms with van der Waals surface area (Å²) in [6.45, 7) is 3.48. The summed E-state index contributed by atoms with van der Waals surface area (Å²) < 4.78 is 5.44. The van der Waals surface area contributed by atoms with Gasteiger partial charge in [-0.25, -0.2) is 9.78 Å². The molecule has 0 fully saturated rings. The number of aromatic nitrogens is 2. The van der Waals surface area contributed by atoms with Crippen molar-refractivity contribution in [1.82, 2.24) is 9.97 Å². The molecule has 6 heteroatoms. The molecule has 0 spiro atoms. The van der Waals surface area contributed by atoms with Gasteiger partial charge in [-0.15, -0.1) is 0 Å². The van der Waals surface area contributed by atoms with Crippen LogP contribution in [0.25, 0.3) is 11.4 Å². The highest BCUT2D eigenvalue weighted by Crippen LogP contribution is 2.22. The Morgan fingerprint density at radius 1 is 1.15 bits per heavy atom. The number of nitrogens with zero attached hydrogens (tertiary/aromatic N) is 2. The molecule has 0 bridgehead atoms. The number of H-pyrrole nitrogens is 1. The number of benzene rings is 2. The van der Waals surface area contributed by atoms with Gasteiger partial charge in [-0.1, -0.05) is 12.1 Å². The molecule has 1 aromatic heterocycles. The maximum absolute atomic E-state index is 12.4. The summed E-state index contributed by atoms with van der Waals surface area (Å²) in [7, 11) is 0. The van der Waals surface area contributed by atoms with Crippen LogP contribution in [-0.2, 0) is 0 Å². The summed E-state index contributed by atoms with van der Waals surface area (Å²) in [5.41, 5.74) is 2.51. The van der Waals surface area contributed by atoms with Gasteiger partial charge in [0.2, 0.25) is 0 Å². The van der Waals surface area contributed by atoms with Crippen molar-refractivity contribution < 1.29 is 9.53 Å². The molecule has 0 aliphatic carbocycles. The Balaban J connectivity index is 1.88. The molecule has 3 rings (SSSR count). The fourth-order valence-corrected chi connectivity index (χ4v) is 2.55. The number of nitriles is 1. The van der Waals surface area contributed by atoms with E-state index in [4.69, 9.17) is 10.00 Å². The lowest BCUT2D eigenvalue weighted by atomic mass is 10.1. The maximum Gasteiger partial charge on any atom is 0.343 e. The van der Waals surface area contributed by atoms with Crippen molar-refractivity contribution in [2.24, 2.45) is 0 Å². The van der Waals surface area contributed by atoms with Gasteiger partial charge in [0.1, 0.15) is 11.6 Å². The number of carbonyl (C=O) groups excluding carboxylic acids is 1. The van der Waals surface area contributed by atoms with E-state index in [0.29, 0.717) is 39.5 Å². The fourth-order valence-electron chi connectivity index (χ4n) is 2.55. The second-order valence-corrected chi connectivity index (χ2v) is 5.79. The van der Waals surface area contributed by atoms with E-state index >= 15 is 0 Å². The topological polar surface area (TPSA) is 95.8 Å². The van der Waals surface area contributed by atoms with E-state index in [9.17, 15) is 9.59 Å². The van der Waals surface area contributed by atoms with Crippen molar-refractivity contribution in [3.63, 3.8) is 0 Å². The molecule has 0 saturated carbocycles. The Morgan fingerprint density at radius 2 is 1.96 bits per heavy atom. The number of aryl methyl sites for hydroxylation is 2. The van der Waals surface area contributed by atoms with E-state index in [1.165, 1.54) is 6.07 Å². The number of rotatable bonds is 3. The van der Waals surface area contributed by atoms with Gasteiger partial charge < -0.3 is 9.72 Å². The van der Waals surface area contributed by atoms with Gasteiger partial charge in [-0.2, -0.15) is 5.26 Å². The lowest BCUT2D eigenvalue weighted by Crippen LogP contribution is -2.11. The summed E-state index contributed by atoms with van der Waals surface area (Å²) >= 11 is 0. The first-order chi connectivity index (χ1) is 12.5. The number of hydrogen-bond donors (Lipinski definition) is 1. The number of hydrogen-bond acceptors (Lipinski definition) is 5. The van der Waals surface area contributed by atoms with Crippen molar-refractivity contribution in [2.75, 3.05) is 0 Å². The van der Waals surface area contributed by atoms with Gasteiger partial charge in [0, 0.05) is 17.3 Å². The summed E-state index contributed by atoms with van der Waals surface area (Å²) in [5, 5.41) is 8.91. The third kappa shape index (κ3) is 3.68. The van der Waals surface area contributed by atoms with E-state index in [1.807, 2.05) is 6.07 Å². The quantitative estimate of drug-likeness (QED) is 0.581. The van der Waals surface area contributed by atoms with Crippen LogP contribution >= 0.6 is 0 Å². The minimum atomic E-state index is -0.519. The minimum absolute atomic E-state index is 0.247. The summed E-state index contributed by atoms with van der Waals surface area (Å²) in [6.07, 6.45) is 0. The van der Waals surface area contributed by atoms with Crippen LogP contribution in [0.4, 0.5) is 0 Å². The van der Waals surface area contributed by atoms with Crippen molar-refractivity contribution in [3.05, 3.63) is 81.3 Å². The number of esters is 1. The van der Waals surface area contributed by atoms with E-state index in [2.05, 4.69) is 9.97 Å². The molecule has 0 amide bonds. The van der Waals surface area contributed by atoms with Gasteiger partial charge in [0.25, 0.3) is 5.56 Å². The lowest BCUT2D eigenvalue weighted by Gasteiger charge is -2.08. The average Bonchev–Trinajstić information content (AvgIpc) is 2.60. The van der Waals surface area contributed by atoms with Crippen LogP contribution < -0.4 is 10.3 Å². The average molecular weight is 345 g/mol. The third-order valence-electron chi connectivity index (χ3n) is 3.76. The van der Waals surface area contributed by atoms with Crippen LogP contribution in [0.2, 0.25) is 0 Å². The minimum Gasteiger partial charge on any atom is -0.423 e. The molecule has 0 aliphatic heterocycles. The maximum atomic E-state index is 12.4. The van der Waals surface area contributed by atoms with Gasteiger partial charge in [-0.3, -0.25) is 4.79 Å². The zero-order chi connectivity index (χ0) is 18.7. The highest BCUT2D eigenvalue weighted by Gasteiger charge is 2.13. The van der Waals surface area contributed by atoms with Gasteiger partial charge in [0.05, 0.1) is 17.2 Å². The van der Waals surface area contributed by atoms with Gasteiger partial charge in [0.15, 0.2) is 0 Å². The van der Waals surface area contributed by atoms with Crippen LogP contribution in [0.15, 0.2) is 53.3 Å². The molecule has 128 valence electrons. The molecule has 0 radical (unpaired) electrons. The summed E-state index contributed by atoms with van der Waals surface area (Å²) in [5.74, 6) is 0.220. The Kier molecular flexibility index (Phi) is 4.63. The normalized spacial score (nSPS) is 10.2. The summed E-state index contributed by atoms with van der Waals surface area (Å²) in [4.78, 5) is 31.0. The Hall–Kier alpha value is -3.72. The molecule has 2 aromatic carbocycles. The van der Waals surface area contributed by atoms with Crippen molar-refractivity contribution in [3.8, 4) is 23.2 Å². The molecule has 0 unspecified atom stereocenters. The SMILES string of the molecule is Cc1cc(=O)[nH]c(-c2cccc(OC(=O)c3ccc(C#N)cc3C)c2)n1. The molecule has 1 heterocycles. The third-order valence-corrected chi connectivity index (χ3v) is 3.76. The molecular formula is C20H15N3O3. The van der Waals surface area contributed by atoms with Crippen molar-refractivity contribution in [1.29, 1.82) is 5.26 Å². The Labute approximate surface area is 149 Å². The second kappa shape index (κ2) is 7.03. The molecule has 0 aliphatic rings. The molecular weight excluding hydrogens is 330 g/mol. The highest BCUT2D eigenvalue weighted by atomic mass is 16.5. The Morgan fingerprint density at radius 3 is 2.65 bits per heavy atom. The van der Waals surface area contributed by atoms with E-state index in [1.54, 1.807) is 56.3 Å². The smallest absolute Gasteiger partial charge is 0.343 e. The monoisotopic (exact) mass is 345 g/mol. The van der Waals surface area contributed by atoms with E-state index in [-0.39, 0.29) is 5.56 Å². The molecule has 0 atom stereocenters. The first-order valence-corrected chi connectivity index (χ1v) is 7.87. The summed E-state index contributed by atoms with van der Waals surface area (Å²) in [6, 6.07) is 15.0. The largest absolute Gasteiger partial charge is 0.423 e. The standard InChI is InChI=1S/C20H15N3O3/c1-12-8-14(11-21)6-7-17(12)20(25)26-16-5-3-4-15(10-16)19-22-13(2)9-18(24)23-19/h3-10H,1-2H3,(H,22,23,24). The first kappa shape index (κ1) is 17.1. The number of carbonyl (C=O) groups is 1. The van der Waals surface area contributed by atoms with Crippen LogP contribution in [0.1, 0.15) is 27.2 Å². The lowest BCUT2D eigenvalue weighted by molar-refractivity contribution is 0.0734. The number of nitrogens with one attached hydrogen (secondary N) is 1. The van der Waals surface area contributed by atoms with Crippen LogP contribution in [-0.4, -0.2) is 15.9 Å². The van der Waals surface area contributed by atoms with Crippen LogP contribution in [0, 0.1) is 25.2 Å². The van der Waals surface area contributed by atoms with Gasteiger partial charge in [-0.05, 0) is 49.7 Å². The highest BCUT2D eigenvalue weighted by molar-refractivity contribution is 5.92. The second-order valence-electron chi connectivity index (χ2n) is 5.79. The molecule has 0 saturated heterocycles. The van der Waals surface area contributed by atoms with Crippen molar-refractivity contribution >= 4 is 5.97 Å². The van der Waals surface area contributed by atoms with Crippen molar-refractivity contribution in [2.45, 2.75) is 13.8 Å². The molecule has 1 N–H and O–H groups in total. The van der Waals surface area contributed by atoms with E-state index in [0.717, 1.165) is 0 Å². The van der Waals surface area contributed by atoms with Gasteiger partial charge >= 0.3 is 5.97 Å². The van der Waals surface area contributed by atoms with E-state index < -0.39 is 5.97 Å². The molecule has 26 heavy (non-hydrogen) atoms. The Bertz CT molecular complexity index is 1090.